The minimum Gasteiger partial charge on any atom is -0.322 e. The van der Waals surface area contributed by atoms with Gasteiger partial charge >= 0.3 is 0 Å². The van der Waals surface area contributed by atoms with E-state index in [1.807, 2.05) is 30.3 Å². The number of rotatable bonds is 7. The van der Waals surface area contributed by atoms with Gasteiger partial charge in [-0.25, -0.2) is 0 Å². The van der Waals surface area contributed by atoms with Crippen LogP contribution in [0.1, 0.15) is 41.4 Å². The average molecular weight is 393 g/mol. The normalized spacial score (nSPS) is 12.0. The molecule has 0 radical (unpaired) electrons. The van der Waals surface area contributed by atoms with Gasteiger partial charge in [0.05, 0.1) is 10.6 Å². The number of anilines is 1. The highest BCUT2D eigenvalue weighted by Crippen LogP contribution is 2.23. The minimum atomic E-state index is -0.208. The van der Waals surface area contributed by atoms with Crippen LogP contribution in [-0.4, -0.2) is 5.91 Å². The summed E-state index contributed by atoms with van der Waals surface area (Å²) >= 11 is 6.12. The highest BCUT2D eigenvalue weighted by molar-refractivity contribution is 6.34. The molecule has 0 aliphatic rings. The summed E-state index contributed by atoms with van der Waals surface area (Å²) in [7, 11) is 0. The molecule has 4 heteroatoms. The van der Waals surface area contributed by atoms with Gasteiger partial charge in [-0.1, -0.05) is 80.0 Å². The molecule has 0 saturated heterocycles. The maximum absolute atomic E-state index is 12.5. The molecular weight excluding hydrogens is 368 g/mol. The van der Waals surface area contributed by atoms with Crippen LogP contribution in [0.25, 0.3) is 0 Å². The Morgan fingerprint density at radius 1 is 0.929 bits per heavy atom. The van der Waals surface area contributed by atoms with Crippen LogP contribution in [0.3, 0.4) is 0 Å². The van der Waals surface area contributed by atoms with Crippen molar-refractivity contribution in [1.29, 1.82) is 0 Å². The van der Waals surface area contributed by atoms with E-state index in [-0.39, 0.29) is 11.9 Å². The van der Waals surface area contributed by atoms with E-state index >= 15 is 0 Å². The molecule has 0 heterocycles. The second-order valence-electron chi connectivity index (χ2n) is 7.15. The molecule has 0 fully saturated rings. The van der Waals surface area contributed by atoms with Gasteiger partial charge in [0.1, 0.15) is 0 Å². The fourth-order valence-corrected chi connectivity index (χ4v) is 3.45. The Bertz CT molecular complexity index is 925. The molecule has 3 rings (SSSR count). The Balaban J connectivity index is 1.68. The zero-order chi connectivity index (χ0) is 19.9. The van der Waals surface area contributed by atoms with Crippen LogP contribution >= 0.6 is 11.6 Å². The Kier molecular flexibility index (Phi) is 6.85. The molecule has 1 amide bonds. The van der Waals surface area contributed by atoms with Crippen LogP contribution in [-0.2, 0) is 6.54 Å². The summed E-state index contributed by atoms with van der Waals surface area (Å²) in [5, 5.41) is 7.01. The first-order valence-corrected chi connectivity index (χ1v) is 9.85. The third-order valence-electron chi connectivity index (χ3n) is 4.65. The maximum atomic E-state index is 12.5. The van der Waals surface area contributed by atoms with Crippen molar-refractivity contribution in [2.45, 2.75) is 26.4 Å². The zero-order valence-electron chi connectivity index (χ0n) is 16.2. The van der Waals surface area contributed by atoms with Crippen LogP contribution in [0.5, 0.6) is 0 Å². The first-order chi connectivity index (χ1) is 13.5. The molecule has 0 aliphatic heterocycles. The molecule has 3 aromatic rings. The van der Waals surface area contributed by atoms with Gasteiger partial charge in [0, 0.05) is 18.3 Å². The summed E-state index contributed by atoms with van der Waals surface area (Å²) in [5.41, 5.74) is 3.61. The van der Waals surface area contributed by atoms with Crippen molar-refractivity contribution in [3.63, 3.8) is 0 Å². The number of hydrogen-bond acceptors (Lipinski definition) is 2. The van der Waals surface area contributed by atoms with Gasteiger partial charge in [-0.3, -0.25) is 4.79 Å². The molecule has 3 aromatic carbocycles. The third-order valence-corrected chi connectivity index (χ3v) is 4.98. The lowest BCUT2D eigenvalue weighted by molar-refractivity contribution is 0.102. The average Bonchev–Trinajstić information content (AvgIpc) is 2.69. The zero-order valence-corrected chi connectivity index (χ0v) is 16.9. The first kappa shape index (κ1) is 20.1. The van der Waals surface area contributed by atoms with Crippen molar-refractivity contribution in [2.24, 2.45) is 5.92 Å². The largest absolute Gasteiger partial charge is 0.322 e. The number of amides is 1. The molecule has 0 spiro atoms. The predicted octanol–water partition coefficient (Wildman–Crippen LogP) is 6.08. The van der Waals surface area contributed by atoms with Gasteiger partial charge in [0.25, 0.3) is 5.91 Å². The maximum Gasteiger partial charge on any atom is 0.257 e. The minimum absolute atomic E-state index is 0.208. The second-order valence-corrected chi connectivity index (χ2v) is 7.55. The molecule has 0 aliphatic carbocycles. The summed E-state index contributed by atoms with van der Waals surface area (Å²) in [6, 6.07) is 25.7. The molecule has 28 heavy (non-hydrogen) atoms. The van der Waals surface area contributed by atoms with E-state index in [1.54, 1.807) is 18.2 Å². The molecular formula is C24H25ClN2O. The molecule has 2 N–H and O–H groups in total. The topological polar surface area (TPSA) is 41.1 Å². The highest BCUT2D eigenvalue weighted by atomic mass is 35.5. The van der Waals surface area contributed by atoms with E-state index in [1.165, 1.54) is 5.56 Å². The lowest BCUT2D eigenvalue weighted by Crippen LogP contribution is -2.25. The van der Waals surface area contributed by atoms with Gasteiger partial charge in [0.15, 0.2) is 0 Å². The SMILES string of the molecule is CC(C)C(NCc1cccc(NC(=O)c2ccccc2Cl)c1)c1ccccc1. The lowest BCUT2D eigenvalue weighted by Gasteiger charge is -2.23. The van der Waals surface area contributed by atoms with Crippen molar-refractivity contribution >= 4 is 23.2 Å². The molecule has 1 atom stereocenters. The van der Waals surface area contributed by atoms with Crippen LogP contribution in [0.15, 0.2) is 78.9 Å². The molecule has 1 unspecified atom stereocenters. The Labute approximate surface area is 171 Å². The quantitative estimate of drug-likeness (QED) is 0.511. The third kappa shape index (κ3) is 5.22. The Hall–Kier alpha value is -2.62. The lowest BCUT2D eigenvalue weighted by atomic mass is 9.96. The summed E-state index contributed by atoms with van der Waals surface area (Å²) in [6.07, 6.45) is 0. The van der Waals surface area contributed by atoms with Crippen LogP contribution in [0, 0.1) is 5.92 Å². The Morgan fingerprint density at radius 2 is 1.64 bits per heavy atom. The van der Waals surface area contributed by atoms with Gasteiger partial charge < -0.3 is 10.6 Å². The van der Waals surface area contributed by atoms with Crippen molar-refractivity contribution < 1.29 is 4.79 Å². The van der Waals surface area contributed by atoms with Crippen molar-refractivity contribution in [3.05, 3.63) is 101 Å². The van der Waals surface area contributed by atoms with Gasteiger partial charge in [0.2, 0.25) is 0 Å². The summed E-state index contributed by atoms with van der Waals surface area (Å²) in [5.74, 6) is 0.255. The van der Waals surface area contributed by atoms with Crippen molar-refractivity contribution in [3.8, 4) is 0 Å². The van der Waals surface area contributed by atoms with E-state index < -0.39 is 0 Å². The smallest absolute Gasteiger partial charge is 0.257 e. The molecule has 0 aromatic heterocycles. The number of carbonyl (C=O) groups is 1. The predicted molar refractivity (Wildman–Crippen MR) is 117 cm³/mol. The van der Waals surface area contributed by atoms with E-state index in [9.17, 15) is 4.79 Å². The standard InChI is InChI=1S/C24H25ClN2O/c1-17(2)23(19-10-4-3-5-11-19)26-16-18-9-8-12-20(15-18)27-24(28)21-13-6-7-14-22(21)25/h3-15,17,23,26H,16H2,1-2H3,(H,27,28). The molecule has 0 bridgehead atoms. The first-order valence-electron chi connectivity index (χ1n) is 9.47. The van der Waals surface area contributed by atoms with Crippen molar-refractivity contribution in [2.75, 3.05) is 5.32 Å². The molecule has 0 saturated carbocycles. The molecule has 3 nitrogen and oxygen atoms in total. The highest BCUT2D eigenvalue weighted by Gasteiger charge is 2.15. The van der Waals surface area contributed by atoms with Gasteiger partial charge in [-0.2, -0.15) is 0 Å². The van der Waals surface area contributed by atoms with Gasteiger partial charge in [-0.05, 0) is 41.3 Å². The van der Waals surface area contributed by atoms with Crippen LogP contribution in [0.2, 0.25) is 5.02 Å². The van der Waals surface area contributed by atoms with E-state index in [0.29, 0.717) is 23.0 Å². The van der Waals surface area contributed by atoms with Crippen molar-refractivity contribution in [1.82, 2.24) is 5.32 Å². The number of hydrogen-bond donors (Lipinski definition) is 2. The summed E-state index contributed by atoms with van der Waals surface area (Å²) in [4.78, 5) is 12.5. The van der Waals surface area contributed by atoms with E-state index in [2.05, 4.69) is 54.8 Å². The van der Waals surface area contributed by atoms with Crippen LogP contribution < -0.4 is 10.6 Å². The monoisotopic (exact) mass is 392 g/mol. The second kappa shape index (κ2) is 9.54. The Morgan fingerprint density at radius 3 is 2.36 bits per heavy atom. The fraction of sp³-hybridized carbons (Fsp3) is 0.208. The number of halogens is 1. The van der Waals surface area contributed by atoms with Gasteiger partial charge in [-0.15, -0.1) is 0 Å². The van der Waals surface area contributed by atoms with E-state index in [4.69, 9.17) is 11.6 Å². The fourth-order valence-electron chi connectivity index (χ4n) is 3.23. The number of carbonyl (C=O) groups excluding carboxylic acids is 1. The summed E-state index contributed by atoms with van der Waals surface area (Å²) < 4.78 is 0. The molecule has 144 valence electrons. The number of nitrogens with one attached hydrogen (secondary N) is 2. The van der Waals surface area contributed by atoms with Crippen LogP contribution in [0.4, 0.5) is 5.69 Å². The summed E-state index contributed by atoms with van der Waals surface area (Å²) in [6.45, 7) is 5.14. The number of benzene rings is 3. The van der Waals surface area contributed by atoms with E-state index in [0.717, 1.165) is 11.3 Å².